The standard InChI is InChI=1S/C65H89N9O25/c1-28(2)19-37(60(91)69-36-21-47(98-30(4)53(36)84)99-42-23-65(96,43(79)27-77)22-34-49(42)57(88)51-50(55(34)86)54(85)33-13-9-14-41(97-5)48(33)56(51)87)70-61(92)38(25-75)72-59(90)35(17-18-44(66)80)68-64(95)52(31-11-7-6-8-12-31)73-62(93)39(26-76)71-58(89)29(3)67-63(94)40-20-32(78)24-74(40)45(81)15-10-16-46(82)83/h9,13-14,28-32,35-40,42,47,52-53,75-78,84,86,88,96H,6-8,10-12,15-27H2,1-5H3,(H2,66,80)(H,67,94)(H,68,95)(H,69,91)(H,70,92)(H,71,89)(H,72,90)(H,73,93)(H,82,83)/t29-,30-,32+,35-,36+,37-,38-,39-,40-,42-,47-,52-,53+,65-/m0/s1. The van der Waals surface area contributed by atoms with Gasteiger partial charge in [0, 0.05) is 68.2 Å². The molecule has 0 spiro atoms. The summed E-state index contributed by atoms with van der Waals surface area (Å²) in [5, 5.41) is 115. The van der Waals surface area contributed by atoms with Crippen molar-refractivity contribution in [1.82, 2.24) is 42.1 Å². The lowest BCUT2D eigenvalue weighted by Crippen LogP contribution is -2.62. The monoisotopic (exact) mass is 1400 g/mol. The molecule has 34 heteroatoms. The molecule has 7 rings (SSSR count). The summed E-state index contributed by atoms with van der Waals surface area (Å²) < 4.78 is 17.7. The summed E-state index contributed by atoms with van der Waals surface area (Å²) in [7, 11) is 1.25. The lowest BCUT2D eigenvalue weighted by atomic mass is 9.72. The van der Waals surface area contributed by atoms with E-state index >= 15 is 0 Å². The van der Waals surface area contributed by atoms with Crippen molar-refractivity contribution in [1.29, 1.82) is 0 Å². The number of hydrogen-bond donors (Lipinski definition) is 17. The average Bonchev–Trinajstić information content (AvgIpc) is 1.09. The number of phenols is 2. The van der Waals surface area contributed by atoms with E-state index < -0.39 is 242 Å². The van der Waals surface area contributed by atoms with E-state index in [-0.39, 0.29) is 72.6 Å². The van der Waals surface area contributed by atoms with Crippen molar-refractivity contribution in [3.63, 3.8) is 0 Å². The summed E-state index contributed by atoms with van der Waals surface area (Å²) in [6.07, 6.45) is -8.07. The molecule has 0 bridgehead atoms. The number of ketones is 3. The quantitative estimate of drug-likeness (QED) is 0.0275. The van der Waals surface area contributed by atoms with Gasteiger partial charge in [0.25, 0.3) is 0 Å². The Hall–Kier alpha value is -8.77. The van der Waals surface area contributed by atoms with E-state index in [4.69, 9.17) is 25.1 Å². The summed E-state index contributed by atoms with van der Waals surface area (Å²) in [5.74, 6) is -15.4. The van der Waals surface area contributed by atoms with Gasteiger partial charge in [-0.2, -0.15) is 0 Å². The predicted octanol–water partition coefficient (Wildman–Crippen LogP) is -3.82. The SMILES string of the molecule is COc1cccc2c1C(=O)c1c(O)c3c(c(O)c1C2=O)C[C@@](O)(C(=O)CO)C[C@@H]3O[C@H]1C[C@@H](NC(=O)[C@H](CC(C)C)NC(=O)[C@H](CO)NC(=O)[C@H](CCC(N)=O)NC(=O)[C@@H](NC(=O)[C@H](CO)NC(=O)[C@H](C)NC(=O)[C@@H]2C[C@@H](O)CN2C(=O)CCCC(=O)O)C2CCCCC2)[C@H](O)[C@H](C)O1. The zero-order valence-electron chi connectivity index (χ0n) is 55.4. The molecule has 0 radical (unpaired) electrons. The molecule has 34 nitrogen and oxygen atoms in total. The molecule has 18 N–H and O–H groups in total. The first kappa shape index (κ1) is 77.6. The molecule has 3 fully saturated rings. The van der Waals surface area contributed by atoms with Gasteiger partial charge < -0.3 is 108 Å². The molecule has 2 heterocycles. The largest absolute Gasteiger partial charge is 0.507 e. The third-order valence-corrected chi connectivity index (χ3v) is 18.5. The lowest BCUT2D eigenvalue weighted by molar-refractivity contribution is -0.249. The molecule has 3 aliphatic carbocycles. The van der Waals surface area contributed by atoms with Crippen LogP contribution in [0.1, 0.15) is 167 Å². The van der Waals surface area contributed by atoms with E-state index in [2.05, 4.69) is 37.2 Å². The van der Waals surface area contributed by atoms with Crippen LogP contribution in [-0.4, -0.2) is 239 Å². The summed E-state index contributed by atoms with van der Waals surface area (Å²) in [6, 6.07) is -8.06. The normalized spacial score (nSPS) is 23.8. The van der Waals surface area contributed by atoms with Crippen LogP contribution in [0.5, 0.6) is 17.2 Å². The fraction of sp³-hybridized carbons (Fsp3) is 0.615. The van der Waals surface area contributed by atoms with Gasteiger partial charge in [0.2, 0.25) is 58.9 Å². The van der Waals surface area contributed by atoms with Crippen LogP contribution in [0.2, 0.25) is 0 Å². The number of Topliss-reactive ketones (excluding diaryl/α,β-unsaturated/α-hetero) is 1. The molecule has 9 amide bonds. The van der Waals surface area contributed by atoms with Gasteiger partial charge >= 0.3 is 5.97 Å². The number of nitrogens with two attached hydrogens (primary N) is 1. The van der Waals surface area contributed by atoms with E-state index in [0.717, 1.165) is 11.3 Å². The number of methoxy groups -OCH3 is 1. The van der Waals surface area contributed by atoms with E-state index in [1.807, 2.05) is 0 Å². The molecule has 544 valence electrons. The van der Waals surface area contributed by atoms with E-state index in [1.165, 1.54) is 39.2 Å². The number of aromatic hydroxyl groups is 2. The Kier molecular flexibility index (Phi) is 26.5. The number of fused-ring (bicyclic) bond motifs is 3. The molecule has 99 heavy (non-hydrogen) atoms. The maximum Gasteiger partial charge on any atom is 0.303 e. The third-order valence-electron chi connectivity index (χ3n) is 18.5. The molecular formula is C65H89N9O25. The zero-order valence-corrected chi connectivity index (χ0v) is 55.4. The second kappa shape index (κ2) is 33.9. The van der Waals surface area contributed by atoms with Gasteiger partial charge in [-0.05, 0) is 63.9 Å². The number of carboxylic acids is 1. The molecule has 0 unspecified atom stereocenters. The number of β-amino-alcohol motifs (C(OH)–C–C–N with tert-alkyl or cyclic N) is 1. The number of hydrogen-bond acceptors (Lipinski definition) is 24. The van der Waals surface area contributed by atoms with Crippen LogP contribution in [0.25, 0.3) is 0 Å². The van der Waals surface area contributed by atoms with E-state index in [1.54, 1.807) is 13.8 Å². The van der Waals surface area contributed by atoms with Crippen molar-refractivity contribution in [2.45, 2.75) is 209 Å². The van der Waals surface area contributed by atoms with Crippen molar-refractivity contribution in [2.24, 2.45) is 17.6 Å². The molecule has 0 aromatic heterocycles. The van der Waals surface area contributed by atoms with Crippen LogP contribution < -0.4 is 47.7 Å². The molecule has 1 saturated carbocycles. The Morgan fingerprint density at radius 2 is 1.35 bits per heavy atom. The van der Waals surface area contributed by atoms with Crippen molar-refractivity contribution >= 4 is 76.5 Å². The van der Waals surface area contributed by atoms with Crippen LogP contribution in [0.4, 0.5) is 0 Å². The molecule has 2 aromatic rings. The van der Waals surface area contributed by atoms with Crippen LogP contribution >= 0.6 is 0 Å². The van der Waals surface area contributed by atoms with Crippen LogP contribution in [0, 0.1) is 11.8 Å². The van der Waals surface area contributed by atoms with Gasteiger partial charge in [0.05, 0.1) is 61.4 Å². The number of phenolic OH excluding ortho intramolecular Hbond substituents is 2. The predicted molar refractivity (Wildman–Crippen MR) is 339 cm³/mol. The summed E-state index contributed by atoms with van der Waals surface area (Å²) in [4.78, 5) is 176. The summed E-state index contributed by atoms with van der Waals surface area (Å²) in [6.45, 7) is 2.46. The lowest BCUT2D eigenvalue weighted by Gasteiger charge is -2.43. The molecular weight excluding hydrogens is 1310 g/mol. The third kappa shape index (κ3) is 18.4. The molecule has 2 aliphatic heterocycles. The van der Waals surface area contributed by atoms with Crippen LogP contribution in [0.15, 0.2) is 18.2 Å². The van der Waals surface area contributed by atoms with Crippen molar-refractivity contribution in [3.8, 4) is 17.2 Å². The number of nitrogens with zero attached hydrogens (tertiary/aromatic N) is 1. The zero-order chi connectivity index (χ0) is 73.1. The Morgan fingerprint density at radius 1 is 0.737 bits per heavy atom. The Bertz CT molecular complexity index is 3430. The van der Waals surface area contributed by atoms with Crippen molar-refractivity contribution in [2.75, 3.05) is 33.5 Å². The van der Waals surface area contributed by atoms with Gasteiger partial charge in [-0.3, -0.25) is 62.3 Å². The van der Waals surface area contributed by atoms with Crippen molar-refractivity contribution < 1.29 is 122 Å². The number of aliphatic hydroxyl groups excluding tert-OH is 5. The van der Waals surface area contributed by atoms with Crippen LogP contribution in [0.3, 0.4) is 0 Å². The number of carbonyl (C=O) groups excluding carboxylic acids is 12. The number of carboxylic acid groups (broad SMARTS) is 1. The Balaban J connectivity index is 1.03. The Labute approximate surface area is 567 Å². The maximum absolute atomic E-state index is 14.4. The highest BCUT2D eigenvalue weighted by Gasteiger charge is 2.51. The maximum atomic E-state index is 14.4. The van der Waals surface area contributed by atoms with Crippen molar-refractivity contribution in [3.05, 3.63) is 51.6 Å². The number of rotatable bonds is 31. The fourth-order valence-corrected chi connectivity index (χ4v) is 13.3. The van der Waals surface area contributed by atoms with Gasteiger partial charge in [-0.25, -0.2) is 0 Å². The summed E-state index contributed by atoms with van der Waals surface area (Å²) in [5.41, 5.74) is 0.557. The van der Waals surface area contributed by atoms with E-state index in [0.29, 0.717) is 25.7 Å². The number of nitrogens with one attached hydrogen (secondary N) is 7. The Morgan fingerprint density at radius 3 is 1.97 bits per heavy atom. The molecule has 2 saturated heterocycles. The molecule has 14 atom stereocenters. The first-order valence-corrected chi connectivity index (χ1v) is 32.8. The number of amides is 9. The topological polar surface area (TPSA) is 545 Å². The number of aliphatic hydroxyl groups is 6. The minimum absolute atomic E-state index is 0.0279. The number of aliphatic carboxylic acids is 1. The number of ether oxygens (including phenoxy) is 3. The number of primary amides is 1. The minimum atomic E-state index is -2.51. The van der Waals surface area contributed by atoms with E-state index in [9.17, 15) is 103 Å². The van der Waals surface area contributed by atoms with Gasteiger partial charge in [-0.1, -0.05) is 45.2 Å². The highest BCUT2D eigenvalue weighted by molar-refractivity contribution is 6.31. The second-order valence-corrected chi connectivity index (χ2v) is 26.2. The molecule has 5 aliphatic rings. The molecule has 2 aromatic carbocycles. The summed E-state index contributed by atoms with van der Waals surface area (Å²) >= 11 is 0. The highest BCUT2D eigenvalue weighted by atomic mass is 16.7. The number of carbonyl (C=O) groups is 13. The fourth-order valence-electron chi connectivity index (χ4n) is 13.3. The number of benzene rings is 2. The van der Waals surface area contributed by atoms with Crippen LogP contribution in [-0.2, 0) is 68.6 Å². The number of likely N-dealkylation sites (tertiary alicyclic amines) is 1. The average molecular weight is 1400 g/mol. The first-order valence-electron chi connectivity index (χ1n) is 32.8. The second-order valence-electron chi connectivity index (χ2n) is 26.2. The van der Waals surface area contributed by atoms with Gasteiger partial charge in [-0.15, -0.1) is 0 Å². The highest BCUT2D eigenvalue weighted by Crippen LogP contribution is 2.53. The smallest absolute Gasteiger partial charge is 0.303 e. The van der Waals surface area contributed by atoms with Gasteiger partial charge in [0.15, 0.2) is 17.9 Å². The minimum Gasteiger partial charge on any atom is -0.507 e. The first-order chi connectivity index (χ1) is 46.8. The van der Waals surface area contributed by atoms with Gasteiger partial charge in [0.1, 0.15) is 77.9 Å².